The van der Waals surface area contributed by atoms with E-state index >= 15 is 0 Å². The van der Waals surface area contributed by atoms with Crippen LogP contribution in [0.25, 0.3) is 5.69 Å². The molecule has 3 aromatic rings. The van der Waals surface area contributed by atoms with E-state index in [1.807, 2.05) is 41.9 Å². The maximum absolute atomic E-state index is 13.9. The number of para-hydroxylation sites is 1. The largest absolute Gasteiger partial charge is 0.343 e. The molecule has 3 heterocycles. The molecule has 0 unspecified atom stereocenters. The number of anilines is 2. The number of aromatic nitrogens is 2. The lowest BCUT2D eigenvalue weighted by atomic mass is 9.61. The monoisotopic (exact) mass is 458 g/mol. The molecule has 6 nitrogen and oxygen atoms in total. The van der Waals surface area contributed by atoms with Crippen molar-refractivity contribution < 1.29 is 9.59 Å². The molecule has 0 bridgehead atoms. The highest BCUT2D eigenvalue weighted by Crippen LogP contribution is 2.58. The molecule has 33 heavy (non-hydrogen) atoms. The Morgan fingerprint density at radius 1 is 1.03 bits per heavy atom. The van der Waals surface area contributed by atoms with Crippen molar-refractivity contribution in [2.45, 2.75) is 39.0 Å². The van der Waals surface area contributed by atoms with E-state index in [4.69, 9.17) is 16.7 Å². The third-order valence-electron chi connectivity index (χ3n) is 6.93. The minimum Gasteiger partial charge on any atom is -0.343 e. The van der Waals surface area contributed by atoms with Gasteiger partial charge in [-0.15, -0.1) is 0 Å². The summed E-state index contributed by atoms with van der Waals surface area (Å²) in [5, 5.41) is 11.9. The van der Waals surface area contributed by atoms with Gasteiger partial charge in [-0.1, -0.05) is 43.6 Å². The first-order valence-corrected chi connectivity index (χ1v) is 11.4. The zero-order valence-electron chi connectivity index (χ0n) is 18.6. The zero-order chi connectivity index (χ0) is 23.1. The van der Waals surface area contributed by atoms with E-state index in [0.29, 0.717) is 51.8 Å². The Morgan fingerprint density at radius 3 is 2.55 bits per heavy atom. The van der Waals surface area contributed by atoms with E-state index in [9.17, 15) is 9.59 Å². The molecule has 1 aliphatic carbocycles. The number of carbonyl (C=O) groups is 2. The topological polar surface area (TPSA) is 76.0 Å². The number of amides is 1. The summed E-state index contributed by atoms with van der Waals surface area (Å²) >= 11 is 6.42. The highest BCUT2D eigenvalue weighted by atomic mass is 35.5. The highest BCUT2D eigenvalue weighted by molar-refractivity contribution is 6.31. The molecule has 2 aliphatic heterocycles. The number of ketones is 1. The van der Waals surface area contributed by atoms with Gasteiger partial charge in [0.25, 0.3) is 0 Å². The number of fused-ring (bicyclic) bond motifs is 5. The van der Waals surface area contributed by atoms with Crippen LogP contribution >= 0.6 is 11.6 Å². The minimum absolute atomic E-state index is 0.0192. The van der Waals surface area contributed by atoms with Crippen LogP contribution in [0.5, 0.6) is 0 Å². The maximum Gasteiger partial charge on any atom is 0.244 e. The lowest BCUT2D eigenvalue weighted by Gasteiger charge is -2.42. The van der Waals surface area contributed by atoms with Gasteiger partial charge in [-0.3, -0.25) is 9.59 Å². The molecule has 3 aliphatic rings. The van der Waals surface area contributed by atoms with Crippen molar-refractivity contribution in [2.24, 2.45) is 5.41 Å². The molecular weight excluding hydrogens is 436 g/mol. The number of nitrogens with one attached hydrogen (secondary N) is 2. The van der Waals surface area contributed by atoms with E-state index in [-0.39, 0.29) is 17.1 Å². The smallest absolute Gasteiger partial charge is 0.244 e. The fraction of sp³-hybridized carbons (Fsp3) is 0.269. The zero-order valence-corrected chi connectivity index (χ0v) is 19.4. The van der Waals surface area contributed by atoms with E-state index in [2.05, 4.69) is 24.5 Å². The number of aryl methyl sites for hydroxylation is 1. The lowest BCUT2D eigenvalue weighted by Crippen LogP contribution is -2.48. The summed E-state index contributed by atoms with van der Waals surface area (Å²) in [4.78, 5) is 27.6. The SMILES string of the molecule is Cc1nn(-c2ccccc2)c2c1[C@]1(C(=O)Nc3ccc(Cl)cc31)C1=C(CC(C)(C)CC1=O)N2. The Hall–Kier alpha value is -3.38. The fourth-order valence-electron chi connectivity index (χ4n) is 5.75. The molecule has 1 spiro atoms. The molecule has 2 N–H and O–H groups in total. The van der Waals surface area contributed by atoms with Crippen molar-refractivity contribution in [2.75, 3.05) is 10.6 Å². The van der Waals surface area contributed by atoms with Crippen LogP contribution in [0, 0.1) is 12.3 Å². The van der Waals surface area contributed by atoms with Gasteiger partial charge in [0.1, 0.15) is 11.2 Å². The summed E-state index contributed by atoms with van der Waals surface area (Å²) in [5.74, 6) is 0.457. The number of allylic oxidation sites excluding steroid dienone is 1. The predicted octanol–water partition coefficient (Wildman–Crippen LogP) is 5.14. The summed E-state index contributed by atoms with van der Waals surface area (Å²) in [6, 6.07) is 15.2. The second-order valence-corrected chi connectivity index (χ2v) is 10.3. The number of hydrogen-bond acceptors (Lipinski definition) is 4. The lowest BCUT2D eigenvalue weighted by molar-refractivity contribution is -0.123. The molecule has 1 amide bonds. The molecule has 0 saturated heterocycles. The normalized spacial score (nSPS) is 22.5. The second-order valence-electron chi connectivity index (χ2n) is 9.87. The number of benzene rings is 2. The van der Waals surface area contributed by atoms with Gasteiger partial charge < -0.3 is 10.6 Å². The Labute approximate surface area is 196 Å². The molecule has 1 aromatic heterocycles. The maximum atomic E-state index is 13.9. The van der Waals surface area contributed by atoms with E-state index in [1.165, 1.54) is 0 Å². The molecule has 7 heteroatoms. The van der Waals surface area contributed by atoms with Crippen LogP contribution in [0.15, 0.2) is 59.8 Å². The Morgan fingerprint density at radius 2 is 1.79 bits per heavy atom. The first kappa shape index (κ1) is 20.2. The molecule has 1 atom stereocenters. The standard InChI is InChI=1S/C26H23ClN4O2/c1-14-21-23(31(30-14)16-7-5-4-6-8-16)28-19-12-25(2,3)13-20(32)22(19)26(21)17-11-15(27)9-10-18(17)29-24(26)33/h4-11,28H,12-13H2,1-3H3,(H,29,33)/t26-/m0/s1. The van der Waals surface area contributed by atoms with E-state index < -0.39 is 5.41 Å². The third kappa shape index (κ3) is 2.64. The van der Waals surface area contributed by atoms with Gasteiger partial charge in [-0.05, 0) is 49.1 Å². The number of nitrogens with zero attached hydrogens (tertiary/aromatic N) is 2. The average molecular weight is 459 g/mol. The van der Waals surface area contributed by atoms with E-state index in [0.717, 1.165) is 11.4 Å². The second kappa shape index (κ2) is 6.58. The van der Waals surface area contributed by atoms with Gasteiger partial charge in [0.15, 0.2) is 5.78 Å². The van der Waals surface area contributed by atoms with Crippen molar-refractivity contribution in [3.05, 3.63) is 81.6 Å². The molecule has 2 aromatic carbocycles. The predicted molar refractivity (Wildman–Crippen MR) is 128 cm³/mol. The van der Waals surface area contributed by atoms with Crippen LogP contribution in [0.4, 0.5) is 11.5 Å². The number of Topliss-reactive ketones (excluding diaryl/α,β-unsaturated/α-hetero) is 1. The summed E-state index contributed by atoms with van der Waals surface area (Å²) in [5.41, 5.74) is 3.44. The van der Waals surface area contributed by atoms with Gasteiger partial charge in [0.2, 0.25) is 5.91 Å². The van der Waals surface area contributed by atoms with Crippen LogP contribution in [0.3, 0.4) is 0 Å². The van der Waals surface area contributed by atoms with E-state index in [1.54, 1.807) is 18.2 Å². The molecular formula is C26H23ClN4O2. The van der Waals surface area contributed by atoms with Gasteiger partial charge in [0.05, 0.1) is 11.4 Å². The first-order valence-electron chi connectivity index (χ1n) is 11.0. The quantitative estimate of drug-likeness (QED) is 0.529. The number of rotatable bonds is 1. The van der Waals surface area contributed by atoms with Crippen molar-refractivity contribution in [3.8, 4) is 5.69 Å². The summed E-state index contributed by atoms with van der Waals surface area (Å²) in [7, 11) is 0. The van der Waals surface area contributed by atoms with Crippen molar-refractivity contribution >= 4 is 34.8 Å². The number of carbonyl (C=O) groups excluding carboxylic acids is 2. The van der Waals surface area contributed by atoms with Crippen molar-refractivity contribution in [1.29, 1.82) is 0 Å². The van der Waals surface area contributed by atoms with Crippen molar-refractivity contribution in [1.82, 2.24) is 9.78 Å². The van der Waals surface area contributed by atoms with Crippen molar-refractivity contribution in [3.63, 3.8) is 0 Å². The Balaban J connectivity index is 1.74. The fourth-order valence-corrected chi connectivity index (χ4v) is 5.92. The van der Waals surface area contributed by atoms with Crippen LogP contribution in [0.2, 0.25) is 5.02 Å². The highest BCUT2D eigenvalue weighted by Gasteiger charge is 2.60. The van der Waals surface area contributed by atoms with Crippen LogP contribution in [-0.2, 0) is 15.0 Å². The van der Waals surface area contributed by atoms with Gasteiger partial charge in [0, 0.05) is 39.5 Å². The third-order valence-corrected chi connectivity index (χ3v) is 7.17. The summed E-state index contributed by atoms with van der Waals surface area (Å²) in [6.45, 7) is 6.05. The minimum atomic E-state index is -1.29. The van der Waals surface area contributed by atoms with Gasteiger partial charge >= 0.3 is 0 Å². The Bertz CT molecular complexity index is 1400. The molecule has 0 saturated carbocycles. The average Bonchev–Trinajstić information content (AvgIpc) is 3.22. The Kier molecular flexibility index (Phi) is 4.03. The number of hydrogen-bond donors (Lipinski definition) is 2. The van der Waals surface area contributed by atoms with Gasteiger partial charge in [-0.25, -0.2) is 4.68 Å². The molecule has 166 valence electrons. The molecule has 6 rings (SSSR count). The number of halogens is 1. The molecule has 0 radical (unpaired) electrons. The first-order chi connectivity index (χ1) is 15.7. The van der Waals surface area contributed by atoms with Crippen LogP contribution in [-0.4, -0.2) is 21.5 Å². The molecule has 0 fully saturated rings. The summed E-state index contributed by atoms with van der Waals surface area (Å²) in [6.07, 6.45) is 1.02. The van der Waals surface area contributed by atoms with Crippen LogP contribution in [0.1, 0.15) is 43.5 Å². The van der Waals surface area contributed by atoms with Crippen LogP contribution < -0.4 is 10.6 Å². The summed E-state index contributed by atoms with van der Waals surface area (Å²) < 4.78 is 1.83. The van der Waals surface area contributed by atoms with Gasteiger partial charge in [-0.2, -0.15) is 5.10 Å².